The predicted molar refractivity (Wildman–Crippen MR) is 72.2 cm³/mol. The molecule has 2 heterocycles. The van der Waals surface area contributed by atoms with Gasteiger partial charge in [-0.1, -0.05) is 17.3 Å². The quantitative estimate of drug-likeness (QED) is 0.907. The number of ether oxygens (including phenoxy) is 1. The maximum atomic E-state index is 9.50. The number of hydrogen-bond donors (Lipinski definition) is 1. The van der Waals surface area contributed by atoms with Gasteiger partial charge >= 0.3 is 0 Å². The highest BCUT2D eigenvalue weighted by atomic mass is 16.5. The molecule has 0 bridgehead atoms. The van der Waals surface area contributed by atoms with Crippen LogP contribution in [0.1, 0.15) is 12.3 Å². The molecule has 1 saturated heterocycles. The Bertz CT molecular complexity index is 585. The summed E-state index contributed by atoms with van der Waals surface area (Å²) in [5.74, 6) is 1.80. The summed E-state index contributed by atoms with van der Waals surface area (Å²) in [7, 11) is 1.62. The SMILES string of the molecule is COc1ccccc1-c1noc(CN2CC[C@@H](O)C2)n1. The van der Waals surface area contributed by atoms with E-state index in [9.17, 15) is 5.11 Å². The molecule has 2 aromatic rings. The van der Waals surface area contributed by atoms with Crippen molar-refractivity contribution in [1.29, 1.82) is 0 Å². The molecule has 6 heteroatoms. The molecule has 0 amide bonds. The average Bonchev–Trinajstić information content (AvgIpc) is 3.08. The molecular formula is C14H17N3O3. The van der Waals surface area contributed by atoms with E-state index in [0.29, 0.717) is 24.8 Å². The zero-order valence-corrected chi connectivity index (χ0v) is 11.3. The smallest absolute Gasteiger partial charge is 0.241 e. The number of aromatic nitrogens is 2. The Morgan fingerprint density at radius 1 is 1.45 bits per heavy atom. The number of para-hydroxylation sites is 1. The van der Waals surface area contributed by atoms with E-state index in [4.69, 9.17) is 9.26 Å². The minimum atomic E-state index is -0.244. The van der Waals surface area contributed by atoms with E-state index in [2.05, 4.69) is 15.0 Å². The van der Waals surface area contributed by atoms with Crippen LogP contribution in [0.5, 0.6) is 5.75 Å². The van der Waals surface area contributed by atoms with Gasteiger partial charge in [0.1, 0.15) is 5.75 Å². The molecule has 0 aliphatic carbocycles. The number of likely N-dealkylation sites (tertiary alicyclic amines) is 1. The number of nitrogens with zero attached hydrogens (tertiary/aromatic N) is 3. The van der Waals surface area contributed by atoms with E-state index in [0.717, 1.165) is 24.3 Å². The van der Waals surface area contributed by atoms with Crippen LogP contribution < -0.4 is 4.74 Å². The number of benzene rings is 1. The van der Waals surface area contributed by atoms with Crippen molar-refractivity contribution >= 4 is 0 Å². The van der Waals surface area contributed by atoms with Gasteiger partial charge in [-0.15, -0.1) is 0 Å². The molecule has 1 aliphatic rings. The highest BCUT2D eigenvalue weighted by molar-refractivity contribution is 5.63. The van der Waals surface area contributed by atoms with Gasteiger partial charge in [0.15, 0.2) is 0 Å². The molecule has 20 heavy (non-hydrogen) atoms. The highest BCUT2D eigenvalue weighted by Gasteiger charge is 2.22. The fourth-order valence-corrected chi connectivity index (χ4v) is 2.40. The highest BCUT2D eigenvalue weighted by Crippen LogP contribution is 2.27. The van der Waals surface area contributed by atoms with Gasteiger partial charge in [0.05, 0.1) is 25.3 Å². The molecule has 1 aromatic carbocycles. The van der Waals surface area contributed by atoms with Gasteiger partial charge in [0, 0.05) is 13.1 Å². The molecule has 1 atom stereocenters. The van der Waals surface area contributed by atoms with Gasteiger partial charge in [-0.25, -0.2) is 0 Å². The Balaban J connectivity index is 1.76. The third-order valence-electron chi connectivity index (χ3n) is 3.42. The van der Waals surface area contributed by atoms with Crippen molar-refractivity contribution in [2.45, 2.75) is 19.1 Å². The monoisotopic (exact) mass is 275 g/mol. The second-order valence-corrected chi connectivity index (χ2v) is 4.89. The molecule has 0 saturated carbocycles. The topological polar surface area (TPSA) is 71.6 Å². The molecular weight excluding hydrogens is 258 g/mol. The minimum Gasteiger partial charge on any atom is -0.496 e. The molecule has 1 N–H and O–H groups in total. The van der Waals surface area contributed by atoms with E-state index in [1.54, 1.807) is 7.11 Å². The summed E-state index contributed by atoms with van der Waals surface area (Å²) in [4.78, 5) is 6.50. The minimum absolute atomic E-state index is 0.244. The van der Waals surface area contributed by atoms with Crippen molar-refractivity contribution in [2.24, 2.45) is 0 Å². The van der Waals surface area contributed by atoms with E-state index < -0.39 is 0 Å². The Labute approximate surface area is 117 Å². The summed E-state index contributed by atoms with van der Waals surface area (Å²) in [5, 5.41) is 13.5. The average molecular weight is 275 g/mol. The van der Waals surface area contributed by atoms with Crippen LogP contribution in [0.15, 0.2) is 28.8 Å². The summed E-state index contributed by atoms with van der Waals surface area (Å²) < 4.78 is 10.6. The largest absolute Gasteiger partial charge is 0.496 e. The number of β-amino-alcohol motifs (C(OH)–C–C–N with tert-alkyl or cyclic N) is 1. The van der Waals surface area contributed by atoms with E-state index in [1.165, 1.54) is 0 Å². The second kappa shape index (κ2) is 5.60. The van der Waals surface area contributed by atoms with Crippen molar-refractivity contribution in [3.05, 3.63) is 30.2 Å². The van der Waals surface area contributed by atoms with Crippen molar-refractivity contribution in [1.82, 2.24) is 15.0 Å². The molecule has 106 valence electrons. The van der Waals surface area contributed by atoms with Gasteiger partial charge in [-0.2, -0.15) is 4.98 Å². The maximum absolute atomic E-state index is 9.50. The summed E-state index contributed by atoms with van der Waals surface area (Å²) >= 11 is 0. The number of aliphatic hydroxyl groups is 1. The number of hydrogen-bond acceptors (Lipinski definition) is 6. The van der Waals surface area contributed by atoms with Crippen LogP contribution in [0.3, 0.4) is 0 Å². The van der Waals surface area contributed by atoms with Crippen LogP contribution in [0, 0.1) is 0 Å². The number of methoxy groups -OCH3 is 1. The molecule has 1 aromatic heterocycles. The van der Waals surface area contributed by atoms with Gasteiger partial charge in [0.25, 0.3) is 0 Å². The molecule has 0 unspecified atom stereocenters. The standard InChI is InChI=1S/C14H17N3O3/c1-19-12-5-3-2-4-11(12)14-15-13(20-16-14)9-17-7-6-10(18)8-17/h2-5,10,18H,6-9H2,1H3/t10-/m1/s1. The van der Waals surface area contributed by atoms with E-state index in [-0.39, 0.29) is 6.10 Å². The van der Waals surface area contributed by atoms with E-state index >= 15 is 0 Å². The molecule has 1 aliphatic heterocycles. The van der Waals surface area contributed by atoms with Crippen LogP contribution in [0.4, 0.5) is 0 Å². The molecule has 0 spiro atoms. The summed E-state index contributed by atoms with van der Waals surface area (Å²) in [6, 6.07) is 7.56. The molecule has 6 nitrogen and oxygen atoms in total. The Kier molecular flexibility index (Phi) is 3.66. The predicted octanol–water partition coefficient (Wildman–Crippen LogP) is 1.31. The third kappa shape index (κ3) is 2.66. The summed E-state index contributed by atoms with van der Waals surface area (Å²) in [6.07, 6.45) is 0.555. The molecule has 3 rings (SSSR count). The Morgan fingerprint density at radius 2 is 2.30 bits per heavy atom. The van der Waals surface area contributed by atoms with Crippen molar-refractivity contribution in [2.75, 3.05) is 20.2 Å². The lowest BCUT2D eigenvalue weighted by atomic mass is 10.2. The lowest BCUT2D eigenvalue weighted by Gasteiger charge is -2.10. The van der Waals surface area contributed by atoms with Crippen LogP contribution in [0.2, 0.25) is 0 Å². The van der Waals surface area contributed by atoms with Crippen LogP contribution in [-0.2, 0) is 6.54 Å². The fourth-order valence-electron chi connectivity index (χ4n) is 2.40. The first-order valence-corrected chi connectivity index (χ1v) is 6.62. The number of rotatable bonds is 4. The fraction of sp³-hybridized carbons (Fsp3) is 0.429. The summed E-state index contributed by atoms with van der Waals surface area (Å²) in [5.41, 5.74) is 0.812. The third-order valence-corrected chi connectivity index (χ3v) is 3.42. The summed E-state index contributed by atoms with van der Waals surface area (Å²) in [6.45, 7) is 2.08. The van der Waals surface area contributed by atoms with Crippen LogP contribution in [0.25, 0.3) is 11.4 Å². The molecule has 0 radical (unpaired) electrons. The number of aliphatic hydroxyl groups excluding tert-OH is 1. The zero-order chi connectivity index (χ0) is 13.9. The Hall–Kier alpha value is -1.92. The van der Waals surface area contributed by atoms with Gasteiger partial charge in [-0.3, -0.25) is 4.90 Å². The van der Waals surface area contributed by atoms with Crippen LogP contribution >= 0.6 is 0 Å². The first-order valence-electron chi connectivity index (χ1n) is 6.62. The second-order valence-electron chi connectivity index (χ2n) is 4.89. The van der Waals surface area contributed by atoms with Crippen LogP contribution in [-0.4, -0.2) is 46.5 Å². The zero-order valence-electron chi connectivity index (χ0n) is 11.3. The molecule has 1 fully saturated rings. The first kappa shape index (κ1) is 13.1. The van der Waals surface area contributed by atoms with Gasteiger partial charge < -0.3 is 14.4 Å². The normalized spacial score (nSPS) is 19.4. The van der Waals surface area contributed by atoms with Gasteiger partial charge in [0.2, 0.25) is 11.7 Å². The lowest BCUT2D eigenvalue weighted by Crippen LogP contribution is -2.21. The van der Waals surface area contributed by atoms with Crippen molar-refractivity contribution in [3.8, 4) is 17.1 Å². The van der Waals surface area contributed by atoms with E-state index in [1.807, 2.05) is 24.3 Å². The first-order chi connectivity index (χ1) is 9.76. The Morgan fingerprint density at radius 3 is 3.05 bits per heavy atom. The van der Waals surface area contributed by atoms with Crippen molar-refractivity contribution in [3.63, 3.8) is 0 Å². The van der Waals surface area contributed by atoms with Crippen molar-refractivity contribution < 1.29 is 14.4 Å². The van der Waals surface area contributed by atoms with Gasteiger partial charge in [-0.05, 0) is 18.6 Å². The lowest BCUT2D eigenvalue weighted by molar-refractivity contribution is 0.169. The maximum Gasteiger partial charge on any atom is 0.241 e.